The number of carbonyl (C=O) groups is 1. The number of Topliss-reactive ketones (excluding diaryl/α,β-unsaturated/α-hetero) is 1. The van der Waals surface area contributed by atoms with E-state index in [1.54, 1.807) is 0 Å². The second-order valence-electron chi connectivity index (χ2n) is 5.12. The maximum Gasteiger partial charge on any atom is 0.135 e. The van der Waals surface area contributed by atoms with E-state index in [1.807, 2.05) is 0 Å². The number of hydrogen-bond acceptors (Lipinski definition) is 1. The molecule has 1 fully saturated rings. The monoisotopic (exact) mass is 184 g/mol. The summed E-state index contributed by atoms with van der Waals surface area (Å²) in [6, 6.07) is 0. The average Bonchev–Trinajstić information content (AvgIpc) is 1.92. The first-order chi connectivity index (χ1) is 5.43. The zero-order valence-electron chi connectivity index (χ0n) is 8.68. The van der Waals surface area contributed by atoms with Crippen LogP contribution in [0.2, 0.25) is 25.2 Å². The van der Waals surface area contributed by atoms with Gasteiger partial charge in [-0.25, -0.2) is 0 Å². The van der Waals surface area contributed by atoms with Crippen molar-refractivity contribution in [1.29, 1.82) is 0 Å². The zero-order chi connectivity index (χ0) is 9.35. The van der Waals surface area contributed by atoms with Gasteiger partial charge in [-0.05, 0) is 12.0 Å². The molecule has 70 valence electrons. The Labute approximate surface area is 76.6 Å². The number of hydrogen-bond donors (Lipinski definition) is 0. The minimum Gasteiger partial charge on any atom is -0.299 e. The van der Waals surface area contributed by atoms with Crippen molar-refractivity contribution in [2.45, 2.75) is 51.4 Å². The van der Waals surface area contributed by atoms with Crippen LogP contribution in [-0.2, 0) is 4.79 Å². The van der Waals surface area contributed by atoms with E-state index in [0.29, 0.717) is 11.7 Å². The summed E-state index contributed by atoms with van der Waals surface area (Å²) in [6.07, 6.45) is 3.27. The third-order valence-electron chi connectivity index (χ3n) is 3.16. The molecule has 0 saturated heterocycles. The fourth-order valence-electron chi connectivity index (χ4n) is 2.38. The maximum absolute atomic E-state index is 11.5. The molecular weight excluding hydrogens is 164 g/mol. The highest BCUT2D eigenvalue weighted by Crippen LogP contribution is 2.39. The third kappa shape index (κ3) is 1.97. The summed E-state index contributed by atoms with van der Waals surface area (Å²) >= 11 is 0. The molecule has 0 aromatic heterocycles. The summed E-state index contributed by atoms with van der Waals surface area (Å²) in [7, 11) is -1.08. The van der Waals surface area contributed by atoms with Gasteiger partial charge in [-0.15, -0.1) is 0 Å². The molecule has 1 rings (SSSR count). The Morgan fingerprint density at radius 3 is 2.33 bits per heavy atom. The van der Waals surface area contributed by atoms with E-state index in [0.717, 1.165) is 18.4 Å². The smallest absolute Gasteiger partial charge is 0.135 e. The van der Waals surface area contributed by atoms with Crippen molar-refractivity contribution in [2.24, 2.45) is 5.92 Å². The molecule has 0 bridgehead atoms. The van der Waals surface area contributed by atoms with E-state index >= 15 is 0 Å². The second kappa shape index (κ2) is 3.33. The summed E-state index contributed by atoms with van der Waals surface area (Å²) in [6.45, 7) is 9.27. The Balaban J connectivity index is 2.70. The molecule has 1 aliphatic carbocycles. The quantitative estimate of drug-likeness (QED) is 0.572. The van der Waals surface area contributed by atoms with Crippen LogP contribution >= 0.6 is 0 Å². The lowest BCUT2D eigenvalue weighted by Gasteiger charge is -2.36. The fourth-order valence-corrected chi connectivity index (χ4v) is 5.14. The van der Waals surface area contributed by atoms with E-state index in [9.17, 15) is 4.79 Å². The first kappa shape index (κ1) is 9.97. The second-order valence-corrected chi connectivity index (χ2v) is 10.6. The largest absolute Gasteiger partial charge is 0.299 e. The van der Waals surface area contributed by atoms with Gasteiger partial charge in [0.05, 0.1) is 0 Å². The molecule has 0 heterocycles. The Hall–Kier alpha value is -0.113. The standard InChI is InChI=1S/C10H20OSi/c1-8-9(11)6-5-7-10(8)12(2,3)4/h8,10H,5-7H2,1-4H3/t8-,10-/m0/s1. The summed E-state index contributed by atoms with van der Waals surface area (Å²) < 4.78 is 0. The van der Waals surface area contributed by atoms with Gasteiger partial charge in [0.1, 0.15) is 5.78 Å². The Morgan fingerprint density at radius 2 is 1.92 bits per heavy atom. The van der Waals surface area contributed by atoms with Gasteiger partial charge in [0.15, 0.2) is 0 Å². The number of ketones is 1. The average molecular weight is 184 g/mol. The van der Waals surface area contributed by atoms with Crippen LogP contribution in [0.25, 0.3) is 0 Å². The van der Waals surface area contributed by atoms with Gasteiger partial charge in [-0.1, -0.05) is 33.0 Å². The highest BCUT2D eigenvalue weighted by molar-refractivity contribution is 6.77. The molecule has 2 heteroatoms. The lowest BCUT2D eigenvalue weighted by Crippen LogP contribution is -2.37. The summed E-state index contributed by atoms with van der Waals surface area (Å²) in [5, 5.41) is 0. The van der Waals surface area contributed by atoms with E-state index < -0.39 is 8.07 Å². The van der Waals surface area contributed by atoms with Gasteiger partial charge < -0.3 is 0 Å². The van der Waals surface area contributed by atoms with Crippen LogP contribution in [0.3, 0.4) is 0 Å². The molecular formula is C10H20OSi. The summed E-state index contributed by atoms with van der Waals surface area (Å²) in [4.78, 5) is 11.5. The van der Waals surface area contributed by atoms with Crippen LogP contribution in [0.5, 0.6) is 0 Å². The molecule has 0 N–H and O–H groups in total. The normalized spacial score (nSPS) is 32.2. The molecule has 2 atom stereocenters. The highest BCUT2D eigenvalue weighted by Gasteiger charge is 2.36. The Bertz CT molecular complexity index is 181. The zero-order valence-corrected chi connectivity index (χ0v) is 9.68. The van der Waals surface area contributed by atoms with E-state index in [-0.39, 0.29) is 0 Å². The lowest BCUT2D eigenvalue weighted by molar-refractivity contribution is -0.123. The summed E-state index contributed by atoms with van der Waals surface area (Å²) in [5.74, 6) is 0.860. The van der Waals surface area contributed by atoms with Gasteiger partial charge in [-0.2, -0.15) is 0 Å². The lowest BCUT2D eigenvalue weighted by atomic mass is 9.89. The fraction of sp³-hybridized carbons (Fsp3) is 0.900. The summed E-state index contributed by atoms with van der Waals surface area (Å²) in [5.41, 5.74) is 0.735. The van der Waals surface area contributed by atoms with E-state index in [2.05, 4.69) is 26.6 Å². The molecule has 0 aliphatic heterocycles. The van der Waals surface area contributed by atoms with Crippen LogP contribution in [-0.4, -0.2) is 13.9 Å². The van der Waals surface area contributed by atoms with Gasteiger partial charge in [0, 0.05) is 20.4 Å². The molecule has 0 aromatic carbocycles. The van der Waals surface area contributed by atoms with Crippen molar-refractivity contribution in [1.82, 2.24) is 0 Å². The maximum atomic E-state index is 11.5. The van der Waals surface area contributed by atoms with Gasteiger partial charge in [-0.3, -0.25) is 4.79 Å². The Morgan fingerprint density at radius 1 is 1.33 bits per heavy atom. The van der Waals surface area contributed by atoms with Crippen LogP contribution < -0.4 is 0 Å². The SMILES string of the molecule is C[C@H]1C(=O)CCC[C@@H]1[Si](C)(C)C. The van der Waals surface area contributed by atoms with Gasteiger partial charge in [0.2, 0.25) is 0 Å². The topological polar surface area (TPSA) is 17.1 Å². The highest BCUT2D eigenvalue weighted by atomic mass is 28.3. The molecule has 0 amide bonds. The van der Waals surface area contributed by atoms with Crippen molar-refractivity contribution >= 4 is 13.9 Å². The molecule has 0 radical (unpaired) electrons. The third-order valence-corrected chi connectivity index (χ3v) is 6.18. The van der Waals surface area contributed by atoms with Crippen molar-refractivity contribution in [3.05, 3.63) is 0 Å². The first-order valence-corrected chi connectivity index (χ1v) is 8.53. The molecule has 1 saturated carbocycles. The molecule has 0 spiro atoms. The van der Waals surface area contributed by atoms with Crippen LogP contribution in [0.15, 0.2) is 0 Å². The predicted octanol–water partition coefficient (Wildman–Crippen LogP) is 3.08. The first-order valence-electron chi connectivity index (χ1n) is 4.95. The van der Waals surface area contributed by atoms with Crippen molar-refractivity contribution < 1.29 is 4.79 Å². The minimum atomic E-state index is -1.08. The molecule has 0 unspecified atom stereocenters. The Kier molecular flexibility index (Phi) is 2.76. The van der Waals surface area contributed by atoms with E-state index in [4.69, 9.17) is 0 Å². The van der Waals surface area contributed by atoms with Crippen molar-refractivity contribution in [3.63, 3.8) is 0 Å². The molecule has 0 aromatic rings. The van der Waals surface area contributed by atoms with Crippen molar-refractivity contribution in [2.75, 3.05) is 0 Å². The van der Waals surface area contributed by atoms with Crippen LogP contribution in [0, 0.1) is 5.92 Å². The van der Waals surface area contributed by atoms with Crippen molar-refractivity contribution in [3.8, 4) is 0 Å². The molecule has 1 nitrogen and oxygen atoms in total. The molecule has 12 heavy (non-hydrogen) atoms. The van der Waals surface area contributed by atoms with Crippen LogP contribution in [0.4, 0.5) is 0 Å². The molecule has 1 aliphatic rings. The number of rotatable bonds is 1. The number of carbonyl (C=O) groups excluding carboxylic acids is 1. The minimum absolute atomic E-state index is 0.352. The van der Waals surface area contributed by atoms with E-state index in [1.165, 1.54) is 6.42 Å². The van der Waals surface area contributed by atoms with Crippen LogP contribution in [0.1, 0.15) is 26.2 Å². The van der Waals surface area contributed by atoms with Gasteiger partial charge >= 0.3 is 0 Å². The van der Waals surface area contributed by atoms with Gasteiger partial charge in [0.25, 0.3) is 0 Å². The predicted molar refractivity (Wildman–Crippen MR) is 55.1 cm³/mol.